The molecule has 0 aliphatic carbocycles. The van der Waals surface area contributed by atoms with Crippen molar-refractivity contribution in [3.63, 3.8) is 0 Å². The third kappa shape index (κ3) is 5.29. The monoisotopic (exact) mass is 369 g/mol. The molecule has 2 aromatic rings. The van der Waals surface area contributed by atoms with Crippen LogP contribution in [0.3, 0.4) is 0 Å². The van der Waals surface area contributed by atoms with Crippen molar-refractivity contribution in [2.24, 2.45) is 10.7 Å². The van der Waals surface area contributed by atoms with Gasteiger partial charge < -0.3 is 25.3 Å². The van der Waals surface area contributed by atoms with Gasteiger partial charge in [0, 0.05) is 24.7 Å². The molecule has 0 bridgehead atoms. The maximum absolute atomic E-state index is 6.03. The first kappa shape index (κ1) is 18.9. The fraction of sp³-hybridized carbons (Fsp3) is 0.381. The molecule has 1 unspecified atom stereocenters. The van der Waals surface area contributed by atoms with Gasteiger partial charge >= 0.3 is 0 Å². The maximum Gasteiger partial charge on any atom is 0.193 e. The molecule has 1 heterocycles. The molecule has 0 saturated carbocycles. The summed E-state index contributed by atoms with van der Waals surface area (Å²) in [4.78, 5) is 4.44. The predicted molar refractivity (Wildman–Crippen MR) is 108 cm³/mol. The zero-order valence-corrected chi connectivity index (χ0v) is 15.9. The third-order valence-corrected chi connectivity index (χ3v) is 4.55. The normalized spacial score (nSPS) is 15.0. The number of aliphatic imine (C=N–C) groups is 1. The smallest absolute Gasteiger partial charge is 0.193 e. The van der Waals surface area contributed by atoms with Gasteiger partial charge in [-0.15, -0.1) is 0 Å². The van der Waals surface area contributed by atoms with Gasteiger partial charge in [0.15, 0.2) is 17.5 Å². The van der Waals surface area contributed by atoms with Gasteiger partial charge in [0.1, 0.15) is 5.75 Å². The van der Waals surface area contributed by atoms with Crippen LogP contribution in [0.25, 0.3) is 0 Å². The lowest BCUT2D eigenvalue weighted by atomic mass is 9.98. The van der Waals surface area contributed by atoms with Crippen LogP contribution in [0.4, 0.5) is 5.69 Å². The average Bonchev–Trinajstić information content (AvgIpc) is 2.93. The van der Waals surface area contributed by atoms with E-state index in [1.54, 1.807) is 7.11 Å². The highest BCUT2D eigenvalue weighted by molar-refractivity contribution is 5.92. The number of fused-ring (bicyclic) bond motifs is 1. The minimum Gasteiger partial charge on any atom is -0.497 e. The topological polar surface area (TPSA) is 78.1 Å². The van der Waals surface area contributed by atoms with Gasteiger partial charge in [-0.2, -0.15) is 0 Å². The number of benzene rings is 2. The van der Waals surface area contributed by atoms with Crippen LogP contribution in [-0.2, 0) is 0 Å². The van der Waals surface area contributed by atoms with Crippen LogP contribution in [-0.4, -0.2) is 32.8 Å². The first-order valence-electron chi connectivity index (χ1n) is 9.26. The molecule has 0 radical (unpaired) electrons. The Morgan fingerprint density at radius 3 is 2.63 bits per heavy atom. The van der Waals surface area contributed by atoms with Gasteiger partial charge in [-0.25, -0.2) is 0 Å². The maximum atomic E-state index is 6.03. The Hall–Kier alpha value is -2.89. The summed E-state index contributed by atoms with van der Waals surface area (Å²) in [6.07, 6.45) is 1.79. The predicted octanol–water partition coefficient (Wildman–Crippen LogP) is 3.78. The number of nitrogens with zero attached hydrogens (tertiary/aromatic N) is 1. The van der Waals surface area contributed by atoms with E-state index in [1.165, 1.54) is 5.56 Å². The van der Waals surface area contributed by atoms with Gasteiger partial charge in [-0.1, -0.05) is 19.1 Å². The van der Waals surface area contributed by atoms with Crippen molar-refractivity contribution < 1.29 is 14.2 Å². The summed E-state index contributed by atoms with van der Waals surface area (Å²) in [5.41, 5.74) is 8.13. The van der Waals surface area contributed by atoms with Crippen molar-refractivity contribution in [3.05, 3.63) is 48.0 Å². The quantitative estimate of drug-likeness (QED) is 0.598. The molecule has 3 N–H and O–H groups in total. The molecular formula is C21H27N3O3. The van der Waals surface area contributed by atoms with E-state index in [2.05, 4.69) is 29.4 Å². The second kappa shape index (κ2) is 9.16. The molecule has 144 valence electrons. The fourth-order valence-electron chi connectivity index (χ4n) is 2.91. The van der Waals surface area contributed by atoms with Gasteiger partial charge in [-0.05, 0) is 42.2 Å². The van der Waals surface area contributed by atoms with E-state index in [4.69, 9.17) is 19.9 Å². The second-order valence-corrected chi connectivity index (χ2v) is 6.57. The second-order valence-electron chi connectivity index (χ2n) is 6.57. The van der Waals surface area contributed by atoms with E-state index in [0.29, 0.717) is 31.6 Å². The van der Waals surface area contributed by atoms with Gasteiger partial charge in [0.2, 0.25) is 0 Å². The van der Waals surface area contributed by atoms with E-state index >= 15 is 0 Å². The molecule has 2 aromatic carbocycles. The van der Waals surface area contributed by atoms with Crippen LogP contribution < -0.4 is 25.3 Å². The Bertz CT molecular complexity index is 775. The number of anilines is 1. The van der Waals surface area contributed by atoms with Crippen molar-refractivity contribution in [3.8, 4) is 17.2 Å². The van der Waals surface area contributed by atoms with Gasteiger partial charge in [0.05, 0.1) is 20.3 Å². The van der Waals surface area contributed by atoms with E-state index in [9.17, 15) is 0 Å². The molecule has 0 amide bonds. The fourth-order valence-corrected chi connectivity index (χ4v) is 2.91. The summed E-state index contributed by atoms with van der Waals surface area (Å²) in [6.45, 7) is 4.17. The summed E-state index contributed by atoms with van der Waals surface area (Å²) >= 11 is 0. The van der Waals surface area contributed by atoms with Crippen molar-refractivity contribution in [2.45, 2.75) is 25.7 Å². The number of rotatable bonds is 6. The Morgan fingerprint density at radius 1 is 1.15 bits per heavy atom. The summed E-state index contributed by atoms with van der Waals surface area (Å²) in [5, 5.41) is 3.12. The van der Waals surface area contributed by atoms with E-state index in [-0.39, 0.29) is 0 Å². The number of hydrogen-bond donors (Lipinski definition) is 2. The first-order valence-corrected chi connectivity index (χ1v) is 9.26. The largest absolute Gasteiger partial charge is 0.497 e. The van der Waals surface area contributed by atoms with Crippen LogP contribution in [0.2, 0.25) is 0 Å². The van der Waals surface area contributed by atoms with Crippen LogP contribution in [0.5, 0.6) is 17.2 Å². The highest BCUT2D eigenvalue weighted by Gasteiger charge is 2.11. The molecular weight excluding hydrogens is 342 g/mol. The molecule has 0 saturated heterocycles. The molecule has 0 aromatic heterocycles. The molecule has 6 heteroatoms. The van der Waals surface area contributed by atoms with Crippen molar-refractivity contribution in [1.82, 2.24) is 0 Å². The summed E-state index contributed by atoms with van der Waals surface area (Å²) < 4.78 is 16.5. The number of nitrogens with one attached hydrogen (secondary N) is 1. The van der Waals surface area contributed by atoms with Crippen LogP contribution in [0, 0.1) is 0 Å². The zero-order valence-electron chi connectivity index (χ0n) is 15.9. The van der Waals surface area contributed by atoms with Crippen LogP contribution in [0.1, 0.15) is 31.2 Å². The number of hydrogen-bond acceptors (Lipinski definition) is 4. The van der Waals surface area contributed by atoms with Crippen molar-refractivity contribution >= 4 is 11.6 Å². The SMILES string of the molecule is COc1ccc(C(C)CCN=C(N)Nc2ccc3c(c2)OCCCO3)cc1. The van der Waals surface area contributed by atoms with Crippen LogP contribution in [0.15, 0.2) is 47.5 Å². The number of nitrogens with two attached hydrogens (primary N) is 1. The lowest BCUT2D eigenvalue weighted by Crippen LogP contribution is -2.23. The van der Waals surface area contributed by atoms with E-state index in [1.807, 2.05) is 30.3 Å². The third-order valence-electron chi connectivity index (χ3n) is 4.55. The number of ether oxygens (including phenoxy) is 3. The Kier molecular flexibility index (Phi) is 6.41. The molecule has 3 rings (SSSR count). The highest BCUT2D eigenvalue weighted by Crippen LogP contribution is 2.32. The van der Waals surface area contributed by atoms with Crippen LogP contribution >= 0.6 is 0 Å². The summed E-state index contributed by atoms with van der Waals surface area (Å²) in [6, 6.07) is 13.8. The number of methoxy groups -OCH3 is 1. The molecule has 0 fully saturated rings. The zero-order chi connectivity index (χ0) is 19.1. The molecule has 0 spiro atoms. The molecule has 1 aliphatic heterocycles. The van der Waals surface area contributed by atoms with Gasteiger partial charge in [0.25, 0.3) is 0 Å². The standard InChI is InChI=1S/C21H27N3O3/c1-15(16-4-7-18(25-2)8-5-16)10-11-23-21(22)24-17-6-9-19-20(14-17)27-13-3-12-26-19/h4-9,14-15H,3,10-13H2,1-2H3,(H3,22,23,24). The molecule has 1 atom stereocenters. The lowest BCUT2D eigenvalue weighted by Gasteiger charge is -2.12. The summed E-state index contributed by atoms with van der Waals surface area (Å²) in [7, 11) is 1.67. The number of guanidine groups is 1. The Balaban J connectivity index is 1.52. The summed E-state index contributed by atoms with van der Waals surface area (Å²) in [5.74, 6) is 3.16. The van der Waals surface area contributed by atoms with Crippen molar-refractivity contribution in [1.29, 1.82) is 0 Å². The Morgan fingerprint density at radius 2 is 1.89 bits per heavy atom. The van der Waals surface area contributed by atoms with Crippen molar-refractivity contribution in [2.75, 3.05) is 32.2 Å². The highest BCUT2D eigenvalue weighted by atomic mass is 16.5. The van der Waals surface area contributed by atoms with Gasteiger partial charge in [-0.3, -0.25) is 4.99 Å². The lowest BCUT2D eigenvalue weighted by molar-refractivity contribution is 0.297. The average molecular weight is 369 g/mol. The molecule has 1 aliphatic rings. The first-order chi connectivity index (χ1) is 13.2. The minimum atomic E-state index is 0.394. The van der Waals surface area contributed by atoms with E-state index in [0.717, 1.165) is 35.8 Å². The molecule has 27 heavy (non-hydrogen) atoms. The van der Waals surface area contributed by atoms with E-state index < -0.39 is 0 Å². The Labute approximate surface area is 160 Å². The molecule has 6 nitrogen and oxygen atoms in total. The minimum absolute atomic E-state index is 0.394.